The highest BCUT2D eigenvalue weighted by Crippen LogP contribution is 2.46. The third-order valence-electron chi connectivity index (χ3n) is 4.59. The number of hydrogen-bond donors (Lipinski definition) is 1. The summed E-state index contributed by atoms with van der Waals surface area (Å²) in [6.07, 6.45) is 4.42. The normalized spacial score (nSPS) is 25.8. The van der Waals surface area contributed by atoms with Gasteiger partial charge in [0.05, 0.1) is 0 Å². The van der Waals surface area contributed by atoms with Gasteiger partial charge in [-0.05, 0) is 38.3 Å². The van der Waals surface area contributed by atoms with Gasteiger partial charge in [0.15, 0.2) is 0 Å². The molecule has 0 heterocycles. The number of ether oxygens (including phenoxy) is 1. The number of aromatic carboxylic acids is 1. The number of carboxylic acids is 1. The van der Waals surface area contributed by atoms with E-state index < -0.39 is 5.97 Å². The first-order chi connectivity index (χ1) is 8.86. The van der Waals surface area contributed by atoms with E-state index in [1.54, 1.807) is 18.2 Å². The predicted octanol–water partition coefficient (Wildman–Crippen LogP) is 4.12. The quantitative estimate of drug-likeness (QED) is 0.891. The average molecular weight is 262 g/mol. The Bertz CT molecular complexity index is 479. The second-order valence-corrected chi connectivity index (χ2v) is 6.23. The monoisotopic (exact) mass is 262 g/mol. The molecule has 0 unspecified atom stereocenters. The molecule has 1 aromatic carbocycles. The molecule has 3 heteroatoms. The third kappa shape index (κ3) is 2.60. The molecule has 0 aliphatic heterocycles. The van der Waals surface area contributed by atoms with Crippen LogP contribution in [0.3, 0.4) is 0 Å². The predicted molar refractivity (Wildman–Crippen MR) is 74.7 cm³/mol. The van der Waals surface area contributed by atoms with Crippen molar-refractivity contribution in [1.82, 2.24) is 0 Å². The third-order valence-corrected chi connectivity index (χ3v) is 4.59. The summed E-state index contributed by atoms with van der Waals surface area (Å²) in [6.45, 7) is 6.51. The summed E-state index contributed by atoms with van der Waals surface area (Å²) < 4.78 is 6.17. The lowest BCUT2D eigenvalue weighted by Crippen LogP contribution is -2.49. The van der Waals surface area contributed by atoms with Crippen molar-refractivity contribution in [3.8, 4) is 5.75 Å². The zero-order chi connectivity index (χ0) is 14.1. The molecule has 1 fully saturated rings. The second kappa shape index (κ2) is 4.87. The molecule has 1 aromatic rings. The van der Waals surface area contributed by atoms with Crippen molar-refractivity contribution in [3.05, 3.63) is 29.8 Å². The van der Waals surface area contributed by atoms with Crippen LogP contribution in [0.5, 0.6) is 5.75 Å². The highest BCUT2D eigenvalue weighted by atomic mass is 16.5. The molecule has 0 saturated heterocycles. The fraction of sp³-hybridized carbons (Fsp3) is 0.562. The Kier molecular flexibility index (Phi) is 3.57. The van der Waals surface area contributed by atoms with E-state index in [0.29, 0.717) is 5.75 Å². The van der Waals surface area contributed by atoms with E-state index in [1.807, 2.05) is 6.07 Å². The fourth-order valence-electron chi connectivity index (χ4n) is 2.80. The molecule has 0 aromatic heterocycles. The van der Waals surface area contributed by atoms with E-state index in [1.165, 1.54) is 6.42 Å². The lowest BCUT2D eigenvalue weighted by molar-refractivity contribution is -0.0598. The number of benzene rings is 1. The first-order valence-corrected chi connectivity index (χ1v) is 6.87. The number of carboxylic acid groups (broad SMARTS) is 1. The Morgan fingerprint density at radius 2 is 1.79 bits per heavy atom. The fourth-order valence-corrected chi connectivity index (χ4v) is 2.80. The maximum absolute atomic E-state index is 11.2. The zero-order valence-electron chi connectivity index (χ0n) is 11.9. The van der Waals surface area contributed by atoms with Gasteiger partial charge in [0.2, 0.25) is 0 Å². The summed E-state index contributed by atoms with van der Waals surface area (Å²) in [6, 6.07) is 6.89. The highest BCUT2D eigenvalue weighted by Gasteiger charge is 2.45. The van der Waals surface area contributed by atoms with Gasteiger partial charge in [-0.15, -0.1) is 0 Å². The van der Waals surface area contributed by atoms with Gasteiger partial charge in [-0.25, -0.2) is 4.79 Å². The van der Waals surface area contributed by atoms with Gasteiger partial charge in [-0.1, -0.05) is 32.4 Å². The molecule has 0 radical (unpaired) electrons. The minimum Gasteiger partial charge on any atom is -0.486 e. The SMILES string of the molecule is CC1(C)CCCC[C@]1(C)Oc1ccccc1C(=O)O. The van der Waals surface area contributed by atoms with Crippen molar-refractivity contribution in [1.29, 1.82) is 0 Å². The molecular weight excluding hydrogens is 240 g/mol. The standard InChI is InChI=1S/C16H22O3/c1-15(2)10-6-7-11-16(15,3)19-13-9-5-4-8-12(13)14(17)18/h4-5,8-9H,6-7,10-11H2,1-3H3,(H,17,18)/t16-/m0/s1. The van der Waals surface area contributed by atoms with Crippen LogP contribution in [-0.4, -0.2) is 16.7 Å². The molecule has 1 atom stereocenters. The Hall–Kier alpha value is -1.51. The van der Waals surface area contributed by atoms with E-state index in [4.69, 9.17) is 4.74 Å². The maximum atomic E-state index is 11.2. The van der Waals surface area contributed by atoms with Gasteiger partial charge < -0.3 is 9.84 Å². The maximum Gasteiger partial charge on any atom is 0.339 e. The van der Waals surface area contributed by atoms with Crippen molar-refractivity contribution < 1.29 is 14.6 Å². The lowest BCUT2D eigenvalue weighted by atomic mass is 9.66. The number of carbonyl (C=O) groups is 1. The van der Waals surface area contributed by atoms with Gasteiger partial charge in [-0.2, -0.15) is 0 Å². The molecule has 0 amide bonds. The van der Waals surface area contributed by atoms with Gasteiger partial charge in [0.25, 0.3) is 0 Å². The Morgan fingerprint density at radius 3 is 2.42 bits per heavy atom. The van der Waals surface area contributed by atoms with Crippen molar-refractivity contribution in [2.24, 2.45) is 5.41 Å². The molecule has 1 aliphatic carbocycles. The van der Waals surface area contributed by atoms with Crippen LogP contribution in [0.4, 0.5) is 0 Å². The summed E-state index contributed by atoms with van der Waals surface area (Å²) in [4.78, 5) is 11.2. The smallest absolute Gasteiger partial charge is 0.339 e. The average Bonchev–Trinajstić information content (AvgIpc) is 2.33. The minimum absolute atomic E-state index is 0.0524. The number of rotatable bonds is 3. The van der Waals surface area contributed by atoms with E-state index in [0.717, 1.165) is 19.3 Å². The zero-order valence-corrected chi connectivity index (χ0v) is 11.9. The highest BCUT2D eigenvalue weighted by molar-refractivity contribution is 5.90. The molecule has 2 rings (SSSR count). The lowest BCUT2D eigenvalue weighted by Gasteiger charge is -2.47. The Morgan fingerprint density at radius 1 is 1.16 bits per heavy atom. The van der Waals surface area contributed by atoms with Crippen LogP contribution in [0, 0.1) is 5.41 Å². The van der Waals surface area contributed by atoms with E-state index >= 15 is 0 Å². The molecule has 1 saturated carbocycles. The van der Waals surface area contributed by atoms with Crippen molar-refractivity contribution in [3.63, 3.8) is 0 Å². The minimum atomic E-state index is -0.937. The molecule has 1 aliphatic rings. The largest absolute Gasteiger partial charge is 0.486 e. The van der Waals surface area contributed by atoms with E-state index in [9.17, 15) is 9.90 Å². The van der Waals surface area contributed by atoms with Crippen molar-refractivity contribution >= 4 is 5.97 Å². The molecule has 0 bridgehead atoms. The van der Waals surface area contributed by atoms with E-state index in [2.05, 4.69) is 20.8 Å². The van der Waals surface area contributed by atoms with Crippen LogP contribution in [0.2, 0.25) is 0 Å². The molecule has 3 nitrogen and oxygen atoms in total. The second-order valence-electron chi connectivity index (χ2n) is 6.23. The summed E-state index contributed by atoms with van der Waals surface area (Å²) in [5.74, 6) is -0.458. The molecule has 0 spiro atoms. The van der Waals surface area contributed by atoms with Gasteiger partial charge >= 0.3 is 5.97 Å². The van der Waals surface area contributed by atoms with Gasteiger partial charge in [-0.3, -0.25) is 0 Å². The first-order valence-electron chi connectivity index (χ1n) is 6.87. The Labute approximate surface area is 114 Å². The number of hydrogen-bond acceptors (Lipinski definition) is 2. The van der Waals surface area contributed by atoms with Crippen LogP contribution in [0.15, 0.2) is 24.3 Å². The summed E-state index contributed by atoms with van der Waals surface area (Å²) >= 11 is 0. The van der Waals surface area contributed by atoms with Crippen molar-refractivity contribution in [2.75, 3.05) is 0 Å². The summed E-state index contributed by atoms with van der Waals surface area (Å²) in [5, 5.41) is 9.23. The summed E-state index contributed by atoms with van der Waals surface area (Å²) in [7, 11) is 0. The molecule has 1 N–H and O–H groups in total. The summed E-state index contributed by atoms with van der Waals surface area (Å²) in [5.41, 5.74) is -0.0154. The first kappa shape index (κ1) is 13.9. The van der Waals surface area contributed by atoms with Crippen LogP contribution in [0.25, 0.3) is 0 Å². The van der Waals surface area contributed by atoms with Gasteiger partial charge in [0, 0.05) is 5.41 Å². The Balaban J connectivity index is 2.32. The molecule has 19 heavy (non-hydrogen) atoms. The van der Waals surface area contributed by atoms with Crippen LogP contribution >= 0.6 is 0 Å². The molecule has 104 valence electrons. The number of para-hydroxylation sites is 1. The van der Waals surface area contributed by atoms with Gasteiger partial charge in [0.1, 0.15) is 16.9 Å². The topological polar surface area (TPSA) is 46.5 Å². The molecular formula is C16H22O3. The van der Waals surface area contributed by atoms with Crippen LogP contribution in [0.1, 0.15) is 56.8 Å². The van der Waals surface area contributed by atoms with E-state index in [-0.39, 0.29) is 16.6 Å². The van der Waals surface area contributed by atoms with Crippen molar-refractivity contribution in [2.45, 2.75) is 52.1 Å². The van der Waals surface area contributed by atoms with Crippen LogP contribution in [-0.2, 0) is 0 Å². The van der Waals surface area contributed by atoms with Crippen LogP contribution < -0.4 is 4.74 Å².